The van der Waals surface area contributed by atoms with Crippen molar-refractivity contribution in [2.75, 3.05) is 0 Å². The van der Waals surface area contributed by atoms with Gasteiger partial charge in [-0.3, -0.25) is 0 Å². The summed E-state index contributed by atoms with van der Waals surface area (Å²) in [7, 11) is 0. The number of hydrogen-bond donors (Lipinski definition) is 0. The molecule has 0 saturated carbocycles. The first kappa shape index (κ1) is 52.6. The Kier molecular flexibility index (Phi) is 341. The fraction of sp³-hybridized carbons (Fsp3) is 0. The van der Waals surface area contributed by atoms with Crippen LogP contribution >= 0.6 is 0 Å². The third-order valence-corrected chi connectivity index (χ3v) is 0. The fourth-order valence-electron chi connectivity index (χ4n) is 0. The van der Waals surface area contributed by atoms with Crippen LogP contribution < -0.4 is 0 Å². The molecule has 0 unspecified atom stereocenters. The summed E-state index contributed by atoms with van der Waals surface area (Å²) < 4.78 is 0. The second-order valence-corrected chi connectivity index (χ2v) is 0. The van der Waals surface area contributed by atoms with E-state index in [9.17, 15) is 0 Å². The molecule has 16 valence electrons. The molecule has 0 bridgehead atoms. The third kappa shape index (κ3) is 21.5. The minimum absolute atomic E-state index is 0. The topological polar surface area (TPSA) is 57.0 Å². The molecule has 0 fully saturated rings. The van der Waals surface area contributed by atoms with Crippen molar-refractivity contribution in [1.82, 2.24) is 0 Å². The molecule has 0 radical (unpaired) electrons. The van der Waals surface area contributed by atoms with E-state index in [-0.39, 0.29) is 85.1 Å². The average Bonchev–Trinajstić information content (AvgIpc) is 0. The van der Waals surface area contributed by atoms with Crippen molar-refractivity contribution in [3.05, 3.63) is 0 Å². The third-order valence-electron chi connectivity index (χ3n) is 0. The van der Waals surface area contributed by atoms with Gasteiger partial charge in [0.25, 0.3) is 0 Å². The Morgan fingerprint density at radius 3 is 0.600 bits per heavy atom. The van der Waals surface area contributed by atoms with Crippen LogP contribution in [-0.4, -0.2) is 0 Å². The zero-order chi connectivity index (χ0) is 0. The van der Waals surface area contributed by atoms with E-state index in [0.717, 1.165) is 0 Å². The molecule has 0 N–H and O–H groups in total. The second kappa shape index (κ2) is 32.4. The number of rotatable bonds is 0. The van der Waals surface area contributed by atoms with Gasteiger partial charge in [0.1, 0.15) is 0 Å². The summed E-state index contributed by atoms with van der Waals surface area (Å²) in [5, 5.41) is 0. The van der Waals surface area contributed by atoms with Crippen LogP contribution in [0.1, 0.15) is 0 Å². The van der Waals surface area contributed by atoms with E-state index in [1.165, 1.54) is 0 Å². The summed E-state index contributed by atoms with van der Waals surface area (Å²) in [6.45, 7) is 0. The van der Waals surface area contributed by atoms with Crippen molar-refractivity contribution in [3.8, 4) is 0 Å². The van der Waals surface area contributed by atoms with Crippen molar-refractivity contribution in [3.63, 3.8) is 0 Å². The maximum Gasteiger partial charge on any atom is 4.00 e. The van der Waals surface area contributed by atoms with E-state index in [0.29, 0.717) is 0 Å². The van der Waals surface area contributed by atoms with Crippen molar-refractivity contribution in [1.29, 1.82) is 0 Å². The Morgan fingerprint density at radius 2 is 0.600 bits per heavy atom. The van der Waals surface area contributed by atoms with Gasteiger partial charge < -0.3 is 11.0 Å². The molecular formula is O2TiZr2+8. The molecule has 0 heterocycles. The smallest absolute Gasteiger partial charge is 2.00 e. The molecule has 0 amide bonds. The number of hydrogen-bond acceptors (Lipinski definition) is 0. The Bertz CT molecular complexity index is 7.61. The predicted octanol–water partition coefficient (Wildman–Crippen LogP) is -0.245. The molecule has 0 aromatic heterocycles. The SMILES string of the molecule is [O-2].[O-2].[Ti+4].[Zr+4].[Zr+4]. The van der Waals surface area contributed by atoms with Crippen molar-refractivity contribution in [2.24, 2.45) is 0 Å². The van der Waals surface area contributed by atoms with Crippen LogP contribution in [0.5, 0.6) is 0 Å². The summed E-state index contributed by atoms with van der Waals surface area (Å²) in [5.74, 6) is 0. The van der Waals surface area contributed by atoms with E-state index < -0.39 is 0 Å². The van der Waals surface area contributed by atoms with Crippen molar-refractivity contribution >= 4 is 0 Å². The molecule has 0 saturated heterocycles. The molecular weight excluding hydrogens is 262 g/mol. The summed E-state index contributed by atoms with van der Waals surface area (Å²) in [5.41, 5.74) is 0. The molecule has 0 rings (SSSR count). The monoisotopic (exact) mass is 260 g/mol. The largest absolute Gasteiger partial charge is 4.00 e. The summed E-state index contributed by atoms with van der Waals surface area (Å²) in [6, 6.07) is 0. The van der Waals surface area contributed by atoms with Crippen LogP contribution in [-0.2, 0) is 85.1 Å². The van der Waals surface area contributed by atoms with E-state index in [4.69, 9.17) is 0 Å². The standard InChI is InChI=1S/2O.Ti.2Zr/q2*-2;3*+4. The van der Waals surface area contributed by atoms with Crippen LogP contribution in [0.4, 0.5) is 0 Å². The van der Waals surface area contributed by atoms with Gasteiger partial charge in [-0.05, 0) is 0 Å². The zero-order valence-electron chi connectivity index (χ0n) is 2.32. The second-order valence-electron chi connectivity index (χ2n) is 0. The van der Waals surface area contributed by atoms with E-state index in [1.807, 2.05) is 0 Å². The van der Waals surface area contributed by atoms with Gasteiger partial charge in [0.2, 0.25) is 0 Å². The van der Waals surface area contributed by atoms with Gasteiger partial charge in [-0.2, -0.15) is 0 Å². The molecule has 2 nitrogen and oxygen atoms in total. The first-order valence-electron chi connectivity index (χ1n) is 0. The van der Waals surface area contributed by atoms with Crippen molar-refractivity contribution < 1.29 is 85.1 Å². The molecule has 0 aromatic carbocycles. The average molecular weight is 262 g/mol. The molecule has 5 heavy (non-hydrogen) atoms. The van der Waals surface area contributed by atoms with Gasteiger partial charge in [0.15, 0.2) is 0 Å². The minimum Gasteiger partial charge on any atom is -2.00 e. The Hall–Kier alpha value is 2.40. The van der Waals surface area contributed by atoms with Crippen LogP contribution in [0, 0.1) is 0 Å². The van der Waals surface area contributed by atoms with Crippen LogP contribution in [0.15, 0.2) is 0 Å². The molecule has 5 heteroatoms. The Labute approximate surface area is 83.8 Å². The molecule has 0 aliphatic heterocycles. The van der Waals surface area contributed by atoms with Crippen LogP contribution in [0.3, 0.4) is 0 Å². The van der Waals surface area contributed by atoms with E-state index in [1.54, 1.807) is 0 Å². The van der Waals surface area contributed by atoms with Crippen LogP contribution in [0.2, 0.25) is 0 Å². The van der Waals surface area contributed by atoms with Gasteiger partial charge in [0.05, 0.1) is 0 Å². The Balaban J connectivity index is 0. The molecule has 0 spiro atoms. The maximum atomic E-state index is 0. The molecule has 0 aliphatic rings. The molecule has 0 aliphatic carbocycles. The summed E-state index contributed by atoms with van der Waals surface area (Å²) in [4.78, 5) is 0. The van der Waals surface area contributed by atoms with Crippen molar-refractivity contribution in [2.45, 2.75) is 0 Å². The van der Waals surface area contributed by atoms with Crippen LogP contribution in [0.25, 0.3) is 0 Å². The summed E-state index contributed by atoms with van der Waals surface area (Å²) in [6.07, 6.45) is 0. The Morgan fingerprint density at radius 1 is 0.600 bits per heavy atom. The predicted molar refractivity (Wildman–Crippen MR) is 1.37 cm³/mol. The first-order valence-corrected chi connectivity index (χ1v) is 0. The van der Waals surface area contributed by atoms with Gasteiger partial charge in [-0.15, -0.1) is 0 Å². The van der Waals surface area contributed by atoms with E-state index in [2.05, 4.69) is 0 Å². The quantitative estimate of drug-likeness (QED) is 0.541. The first-order chi connectivity index (χ1) is 0. The van der Waals surface area contributed by atoms with E-state index >= 15 is 0 Å². The molecule has 0 aromatic rings. The fourth-order valence-corrected chi connectivity index (χ4v) is 0. The van der Waals surface area contributed by atoms with Gasteiger partial charge in [-0.25, -0.2) is 0 Å². The normalized spacial score (nSPS) is 0. The molecule has 0 atom stereocenters. The summed E-state index contributed by atoms with van der Waals surface area (Å²) >= 11 is 0. The van der Waals surface area contributed by atoms with Gasteiger partial charge in [0, 0.05) is 0 Å². The van der Waals surface area contributed by atoms with Gasteiger partial charge in [-0.1, -0.05) is 0 Å². The zero-order valence-corrected chi connectivity index (χ0v) is 8.79. The maximum absolute atomic E-state index is 0. The van der Waals surface area contributed by atoms with Gasteiger partial charge >= 0.3 is 74.1 Å². The minimum atomic E-state index is 0.